The highest BCUT2D eigenvalue weighted by Crippen LogP contribution is 2.31. The summed E-state index contributed by atoms with van der Waals surface area (Å²) in [6, 6.07) is 19.3. The fourth-order valence-electron chi connectivity index (χ4n) is 5.96. The van der Waals surface area contributed by atoms with Crippen LogP contribution in [-0.4, -0.2) is 101 Å². The number of halogens is 5. The van der Waals surface area contributed by atoms with Crippen molar-refractivity contribution in [3.63, 3.8) is 0 Å². The van der Waals surface area contributed by atoms with Crippen molar-refractivity contribution in [3.8, 4) is 11.1 Å². The minimum Gasteiger partial charge on any atom is -0.479 e. The number of aromatic nitrogens is 3. The lowest BCUT2D eigenvalue weighted by Gasteiger charge is -2.27. The van der Waals surface area contributed by atoms with E-state index in [4.69, 9.17) is 20.4 Å². The maximum absolute atomic E-state index is 14.5. The van der Waals surface area contributed by atoms with Crippen LogP contribution in [0.3, 0.4) is 0 Å². The number of aliphatic hydroxyl groups is 2. The number of hydrogen-bond donors (Lipinski definition) is 4. The molecular formula is C41H42F5N5O8. The molecule has 2 atom stereocenters. The Morgan fingerprint density at radius 2 is 1.39 bits per heavy atom. The van der Waals surface area contributed by atoms with Crippen molar-refractivity contribution in [2.24, 2.45) is 0 Å². The number of nitrogens with zero attached hydrogens (tertiary/aromatic N) is 5. The monoisotopic (exact) mass is 827 g/mol. The Bertz CT molecular complexity index is 2270. The van der Waals surface area contributed by atoms with E-state index in [0.717, 1.165) is 42.4 Å². The van der Waals surface area contributed by atoms with E-state index in [1.54, 1.807) is 33.7 Å². The number of fused-ring (bicyclic) bond motifs is 1. The highest BCUT2D eigenvalue weighted by molar-refractivity contribution is 5.83. The van der Waals surface area contributed by atoms with Crippen LogP contribution in [-0.2, 0) is 46.5 Å². The van der Waals surface area contributed by atoms with Gasteiger partial charge >= 0.3 is 18.1 Å². The second-order valence-electron chi connectivity index (χ2n) is 13.2. The van der Waals surface area contributed by atoms with Gasteiger partial charge in [0.2, 0.25) is 5.91 Å². The van der Waals surface area contributed by atoms with E-state index in [0.29, 0.717) is 18.7 Å². The average molecular weight is 828 g/mol. The lowest BCUT2D eigenvalue weighted by Crippen LogP contribution is -2.40. The third-order valence-electron chi connectivity index (χ3n) is 9.37. The van der Waals surface area contributed by atoms with E-state index in [1.165, 1.54) is 30.5 Å². The van der Waals surface area contributed by atoms with Gasteiger partial charge in [0.15, 0.2) is 23.8 Å². The van der Waals surface area contributed by atoms with Gasteiger partial charge in [0.25, 0.3) is 5.56 Å². The van der Waals surface area contributed by atoms with Gasteiger partial charge in [0.1, 0.15) is 18.0 Å². The van der Waals surface area contributed by atoms with Crippen LogP contribution in [0.4, 0.5) is 22.0 Å². The zero-order valence-corrected chi connectivity index (χ0v) is 31.9. The number of benzene rings is 3. The first-order chi connectivity index (χ1) is 27.9. The molecule has 2 unspecified atom stereocenters. The van der Waals surface area contributed by atoms with Gasteiger partial charge in [-0.2, -0.15) is 18.2 Å². The molecule has 59 heavy (non-hydrogen) atoms. The van der Waals surface area contributed by atoms with Gasteiger partial charge in [-0.3, -0.25) is 9.59 Å². The number of aliphatic carboxylic acids is 2. The molecule has 4 N–H and O–H groups in total. The summed E-state index contributed by atoms with van der Waals surface area (Å²) in [7, 11) is 0. The van der Waals surface area contributed by atoms with Crippen LogP contribution in [0.2, 0.25) is 0 Å². The minimum absolute atomic E-state index is 0.0412. The molecule has 0 spiro atoms. The number of likely N-dealkylation sites (N-methyl/N-ethyl adjacent to an activating group) is 1. The fourth-order valence-corrected chi connectivity index (χ4v) is 5.96. The van der Waals surface area contributed by atoms with Crippen LogP contribution >= 0.6 is 0 Å². The molecule has 0 aliphatic rings. The first-order valence-corrected chi connectivity index (χ1v) is 18.3. The molecular weight excluding hydrogens is 785 g/mol. The van der Waals surface area contributed by atoms with Gasteiger partial charge in [0.05, 0.1) is 10.9 Å². The van der Waals surface area contributed by atoms with Crippen molar-refractivity contribution in [2.75, 3.05) is 26.2 Å². The predicted molar refractivity (Wildman–Crippen MR) is 205 cm³/mol. The fraction of sp³-hybridized carbons (Fsp3) is 0.317. The quantitative estimate of drug-likeness (QED) is 0.100. The van der Waals surface area contributed by atoms with Gasteiger partial charge in [-0.25, -0.2) is 23.4 Å². The van der Waals surface area contributed by atoms with E-state index in [1.807, 2.05) is 26.0 Å². The SMILES string of the molecule is CCN(CC)CCN(Cc1ccc(-c2ccc(C(F)(F)F)cc2)cc1)C(=O)Cn1c(CCc2cccc(F)c2F)nc(=O)c2cccnc21.O=C(O)C(O)C(O)C(=O)O. The molecule has 314 valence electrons. The van der Waals surface area contributed by atoms with E-state index in [-0.39, 0.29) is 54.3 Å². The van der Waals surface area contributed by atoms with Crippen molar-refractivity contribution in [1.82, 2.24) is 24.3 Å². The molecule has 2 heterocycles. The summed E-state index contributed by atoms with van der Waals surface area (Å²) in [5.41, 5.74) is 1.29. The van der Waals surface area contributed by atoms with Crippen molar-refractivity contribution >= 4 is 28.9 Å². The molecule has 0 aliphatic carbocycles. The third-order valence-corrected chi connectivity index (χ3v) is 9.37. The topological polar surface area (TPSA) is 186 Å². The summed E-state index contributed by atoms with van der Waals surface area (Å²) in [5.74, 6) is -5.54. The van der Waals surface area contributed by atoms with Crippen molar-refractivity contribution in [3.05, 3.63) is 130 Å². The smallest absolute Gasteiger partial charge is 0.416 e. The summed E-state index contributed by atoms with van der Waals surface area (Å²) >= 11 is 0. The molecule has 0 saturated heterocycles. The summed E-state index contributed by atoms with van der Waals surface area (Å²) in [4.78, 5) is 59.1. The highest BCUT2D eigenvalue weighted by Gasteiger charge is 2.30. The summed E-state index contributed by atoms with van der Waals surface area (Å²) in [6.07, 6.45) is -7.35. The van der Waals surface area contributed by atoms with Crippen LogP contribution in [0.5, 0.6) is 0 Å². The van der Waals surface area contributed by atoms with E-state index >= 15 is 0 Å². The molecule has 0 fully saturated rings. The molecule has 0 bridgehead atoms. The van der Waals surface area contributed by atoms with E-state index in [9.17, 15) is 41.1 Å². The number of amides is 1. The number of carbonyl (C=O) groups is 3. The summed E-state index contributed by atoms with van der Waals surface area (Å²) in [6.45, 7) is 6.69. The Morgan fingerprint density at radius 1 is 0.797 bits per heavy atom. The lowest BCUT2D eigenvalue weighted by molar-refractivity contribution is -0.165. The van der Waals surface area contributed by atoms with E-state index in [2.05, 4.69) is 14.9 Å². The number of carboxylic acids is 2. The third kappa shape index (κ3) is 12.2. The minimum atomic E-state index is -4.42. The molecule has 1 amide bonds. The molecule has 0 saturated carbocycles. The number of pyridine rings is 1. The molecule has 0 radical (unpaired) electrons. The van der Waals surface area contributed by atoms with E-state index < -0.39 is 53.1 Å². The van der Waals surface area contributed by atoms with Gasteiger partial charge in [0, 0.05) is 32.3 Å². The summed E-state index contributed by atoms with van der Waals surface area (Å²) in [5, 5.41) is 32.8. The van der Waals surface area contributed by atoms with Gasteiger partial charge in [-0.15, -0.1) is 0 Å². The molecule has 0 aliphatic heterocycles. The summed E-state index contributed by atoms with van der Waals surface area (Å²) < 4.78 is 69.0. The second-order valence-corrected chi connectivity index (χ2v) is 13.2. The van der Waals surface area contributed by atoms with Crippen molar-refractivity contribution in [2.45, 2.75) is 58.2 Å². The number of carboxylic acid groups (broad SMARTS) is 2. The lowest BCUT2D eigenvalue weighted by atomic mass is 10.0. The first-order valence-electron chi connectivity index (χ1n) is 18.3. The Hall–Kier alpha value is -6.11. The van der Waals surface area contributed by atoms with Crippen LogP contribution in [0.15, 0.2) is 89.9 Å². The number of alkyl halides is 3. The Labute approximate surface area is 334 Å². The zero-order valence-electron chi connectivity index (χ0n) is 31.9. The standard InChI is InChI=1S/C37H36F5N5O2.C4H6O6/c1-3-45(4-2)21-22-46(23-25-10-12-26(13-11-25)27-14-17-29(18-15-27)37(40,41)42)33(48)24-47-32(19-16-28-7-5-9-31(38)34(28)39)44-36(49)30-8-6-20-43-35(30)47;5-1(3(7)8)2(6)4(9)10/h5-15,17-18,20H,3-4,16,19,21-24H2,1-2H3;1-2,5-6H,(H,7,8)(H,9,10). The van der Waals surface area contributed by atoms with Crippen molar-refractivity contribution in [1.29, 1.82) is 0 Å². The zero-order chi connectivity index (χ0) is 43.4. The molecule has 3 aromatic carbocycles. The number of aliphatic hydroxyl groups excluding tert-OH is 2. The molecule has 5 rings (SSSR count). The Morgan fingerprint density at radius 3 is 1.95 bits per heavy atom. The number of carbonyl (C=O) groups excluding carboxylic acids is 1. The predicted octanol–water partition coefficient (Wildman–Crippen LogP) is 4.79. The molecule has 5 aromatic rings. The van der Waals surface area contributed by atoms with Crippen LogP contribution < -0.4 is 5.56 Å². The maximum atomic E-state index is 14.5. The van der Waals surface area contributed by atoms with Gasteiger partial charge in [-0.1, -0.05) is 62.4 Å². The second kappa shape index (κ2) is 20.5. The largest absolute Gasteiger partial charge is 0.479 e. The number of aryl methyl sites for hydroxylation is 2. The number of hydrogen-bond acceptors (Lipinski definition) is 9. The first kappa shape index (κ1) is 45.6. The Balaban J connectivity index is 0.000000680. The van der Waals surface area contributed by atoms with Crippen LogP contribution in [0.25, 0.3) is 22.2 Å². The molecule has 2 aromatic heterocycles. The maximum Gasteiger partial charge on any atom is 0.416 e. The normalized spacial score (nSPS) is 12.4. The van der Waals surface area contributed by atoms with Crippen molar-refractivity contribution < 1.29 is 56.8 Å². The van der Waals surface area contributed by atoms with Gasteiger partial charge < -0.3 is 34.8 Å². The van der Waals surface area contributed by atoms with Crippen LogP contribution in [0, 0.1) is 11.6 Å². The Kier molecular flexibility index (Phi) is 15.9. The number of rotatable bonds is 16. The average Bonchev–Trinajstić information content (AvgIpc) is 3.22. The molecule has 18 heteroatoms. The highest BCUT2D eigenvalue weighted by atomic mass is 19.4. The van der Waals surface area contributed by atoms with Crippen LogP contribution in [0.1, 0.15) is 36.4 Å². The molecule has 13 nitrogen and oxygen atoms in total. The van der Waals surface area contributed by atoms with Gasteiger partial charge in [-0.05, 0) is 72.1 Å².